The van der Waals surface area contributed by atoms with Crippen LogP contribution in [0.4, 0.5) is 0 Å². The maximum atomic E-state index is 9.08. The molecule has 0 heteroatoms. The molecule has 122 valence electrons. The molecule has 0 fully saturated rings. The van der Waals surface area contributed by atoms with Crippen LogP contribution in [0.2, 0.25) is 0 Å². The fourth-order valence-corrected chi connectivity index (χ4v) is 3.72. The zero-order valence-corrected chi connectivity index (χ0v) is 15.5. The lowest BCUT2D eigenvalue weighted by Crippen LogP contribution is -2.37. The Morgan fingerprint density at radius 2 is 1.48 bits per heavy atom. The monoisotopic (exact) mass is 312 g/mol. The Bertz CT molecular complexity index is 1050. The minimum absolute atomic E-state index is 0.0108. The number of hydrogen-bond donors (Lipinski definition) is 0. The Kier molecular flexibility index (Phi) is 2.12. The van der Waals surface area contributed by atoms with Gasteiger partial charge in [-0.3, -0.25) is 0 Å². The van der Waals surface area contributed by atoms with E-state index in [0.29, 0.717) is 27.8 Å². The molecule has 0 atom stereocenters. The molecule has 1 aliphatic carbocycles. The van der Waals surface area contributed by atoms with E-state index in [1.165, 1.54) is 0 Å². The summed E-state index contributed by atoms with van der Waals surface area (Å²) in [5, 5.41) is 0. The van der Waals surface area contributed by atoms with Crippen LogP contribution in [-0.4, -0.2) is 0 Å². The highest BCUT2D eigenvalue weighted by Gasteiger charge is 2.42. The standard InChI is InChI=1S/C23H30/c1-15-10-9-11-18-20(15)23(7,8)19-14-16(21(2,3)4)12-13-17(19)22(18,5)6/h9-14H,1-8H3/i9D,10D,11D,12D,13D,14D. The molecular weight excluding hydrogens is 276 g/mol. The third-order valence-corrected chi connectivity index (χ3v) is 5.12. The van der Waals surface area contributed by atoms with E-state index >= 15 is 0 Å². The minimum Gasteiger partial charge on any atom is -0.0617 e. The van der Waals surface area contributed by atoms with E-state index in [4.69, 9.17) is 8.22 Å². The summed E-state index contributed by atoms with van der Waals surface area (Å²) in [7, 11) is 0. The van der Waals surface area contributed by atoms with Crippen molar-refractivity contribution in [3.05, 3.63) is 69.6 Å². The second-order valence-corrected chi connectivity index (χ2v) is 8.75. The quantitative estimate of drug-likeness (QED) is 0.538. The summed E-state index contributed by atoms with van der Waals surface area (Å²) in [6.45, 7) is 15.5. The molecule has 3 rings (SSSR count). The van der Waals surface area contributed by atoms with Crippen LogP contribution >= 0.6 is 0 Å². The smallest absolute Gasteiger partial charge is 0.0617 e. The van der Waals surface area contributed by atoms with Gasteiger partial charge in [0, 0.05) is 10.8 Å². The second kappa shape index (κ2) is 4.72. The second-order valence-electron chi connectivity index (χ2n) is 8.75. The molecule has 0 unspecified atom stereocenters. The van der Waals surface area contributed by atoms with Gasteiger partial charge in [0.1, 0.15) is 0 Å². The first-order valence-corrected chi connectivity index (χ1v) is 8.25. The SMILES string of the molecule is [2H]c1c([2H])c(C)c2c(c1[2H])C(C)(C)c1c([2H])c([2H])c(C(C)(C)C)c([2H])c1C2(C)C. The Hall–Kier alpha value is -1.56. The van der Waals surface area contributed by atoms with Crippen molar-refractivity contribution in [2.75, 3.05) is 0 Å². The highest BCUT2D eigenvalue weighted by atomic mass is 14.5. The van der Waals surface area contributed by atoms with Gasteiger partial charge in [0.25, 0.3) is 0 Å². The van der Waals surface area contributed by atoms with Crippen LogP contribution in [0, 0.1) is 6.92 Å². The maximum absolute atomic E-state index is 9.08. The number of benzene rings is 2. The molecule has 0 amide bonds. The predicted molar refractivity (Wildman–Crippen MR) is 101 cm³/mol. The van der Waals surface area contributed by atoms with Crippen LogP contribution < -0.4 is 0 Å². The summed E-state index contributed by atoms with van der Waals surface area (Å²) in [6.07, 6.45) is 0. The number of fused-ring (bicyclic) bond motifs is 2. The van der Waals surface area contributed by atoms with E-state index < -0.39 is 16.2 Å². The van der Waals surface area contributed by atoms with Crippen molar-refractivity contribution in [1.82, 2.24) is 0 Å². The summed E-state index contributed by atoms with van der Waals surface area (Å²) in [4.78, 5) is 0. The molecule has 0 radical (unpaired) electrons. The Morgan fingerprint density at radius 1 is 0.826 bits per heavy atom. The molecule has 2 aromatic carbocycles. The van der Waals surface area contributed by atoms with Gasteiger partial charge < -0.3 is 0 Å². The lowest BCUT2D eigenvalue weighted by molar-refractivity contribution is 0.512. The van der Waals surface area contributed by atoms with Gasteiger partial charge in [-0.25, -0.2) is 0 Å². The van der Waals surface area contributed by atoms with Gasteiger partial charge in [-0.2, -0.15) is 0 Å². The lowest BCUT2D eigenvalue weighted by Gasteiger charge is -2.45. The Morgan fingerprint density at radius 3 is 2.09 bits per heavy atom. The van der Waals surface area contributed by atoms with Crippen molar-refractivity contribution in [2.45, 2.75) is 71.6 Å². The van der Waals surface area contributed by atoms with Gasteiger partial charge in [-0.05, 0) is 45.7 Å². The summed E-state index contributed by atoms with van der Waals surface area (Å²) in [6, 6.07) is 0.403. The van der Waals surface area contributed by atoms with Crippen molar-refractivity contribution in [1.29, 1.82) is 0 Å². The summed E-state index contributed by atoms with van der Waals surface area (Å²) in [5.41, 5.74) is 1.98. The minimum atomic E-state index is -0.815. The van der Waals surface area contributed by atoms with Crippen molar-refractivity contribution in [3.8, 4) is 0 Å². The van der Waals surface area contributed by atoms with Gasteiger partial charge in [0.15, 0.2) is 0 Å². The van der Waals surface area contributed by atoms with Crippen molar-refractivity contribution in [3.63, 3.8) is 0 Å². The fourth-order valence-electron chi connectivity index (χ4n) is 3.72. The zero-order chi connectivity index (χ0) is 22.4. The molecule has 0 N–H and O–H groups in total. The molecule has 0 aromatic heterocycles. The van der Waals surface area contributed by atoms with Crippen LogP contribution in [0.1, 0.15) is 90.1 Å². The molecule has 0 saturated heterocycles. The molecular formula is C23H30. The van der Waals surface area contributed by atoms with Crippen LogP contribution in [0.25, 0.3) is 0 Å². The normalized spacial score (nSPS) is 21.9. The molecule has 0 saturated carbocycles. The molecule has 0 nitrogen and oxygen atoms in total. The molecule has 0 heterocycles. The number of hydrogen-bond acceptors (Lipinski definition) is 0. The first-order valence-electron chi connectivity index (χ1n) is 11.2. The summed E-state index contributed by atoms with van der Waals surface area (Å²) >= 11 is 0. The molecule has 1 aliphatic rings. The molecule has 23 heavy (non-hydrogen) atoms. The van der Waals surface area contributed by atoms with E-state index in [0.717, 1.165) is 5.56 Å². The summed E-state index contributed by atoms with van der Waals surface area (Å²) in [5.74, 6) is 0. The van der Waals surface area contributed by atoms with Crippen molar-refractivity contribution in [2.24, 2.45) is 0 Å². The van der Waals surface area contributed by atoms with Gasteiger partial charge in [0.2, 0.25) is 0 Å². The van der Waals surface area contributed by atoms with Crippen LogP contribution in [-0.2, 0) is 16.2 Å². The van der Waals surface area contributed by atoms with Gasteiger partial charge >= 0.3 is 0 Å². The van der Waals surface area contributed by atoms with Gasteiger partial charge in [-0.15, -0.1) is 0 Å². The third kappa shape index (κ3) is 2.26. The molecule has 0 spiro atoms. The largest absolute Gasteiger partial charge is 0.0629 e. The van der Waals surface area contributed by atoms with Crippen LogP contribution in [0.5, 0.6) is 0 Å². The van der Waals surface area contributed by atoms with E-state index in [2.05, 4.69) is 0 Å². The first-order chi connectivity index (χ1) is 13.0. The lowest BCUT2D eigenvalue weighted by atomic mass is 9.58. The Labute approximate surface area is 150 Å². The van der Waals surface area contributed by atoms with E-state index in [-0.39, 0.29) is 36.3 Å². The van der Waals surface area contributed by atoms with E-state index in [9.17, 15) is 0 Å². The first kappa shape index (κ1) is 10.3. The van der Waals surface area contributed by atoms with Crippen LogP contribution in [0.3, 0.4) is 0 Å². The zero-order valence-electron chi connectivity index (χ0n) is 21.5. The van der Waals surface area contributed by atoms with Crippen molar-refractivity contribution < 1.29 is 8.22 Å². The van der Waals surface area contributed by atoms with Gasteiger partial charge in [-0.1, -0.05) is 84.7 Å². The Balaban J connectivity index is 2.64. The average molecular weight is 313 g/mol. The molecule has 0 bridgehead atoms. The van der Waals surface area contributed by atoms with E-state index in [1.807, 2.05) is 55.4 Å². The maximum Gasteiger partial charge on any atom is 0.0629 e. The highest BCUT2D eigenvalue weighted by Crippen LogP contribution is 2.51. The molecule has 0 aliphatic heterocycles. The van der Waals surface area contributed by atoms with Crippen molar-refractivity contribution >= 4 is 0 Å². The predicted octanol–water partition coefficient (Wildman–Crippen LogP) is 6.26. The van der Waals surface area contributed by atoms with E-state index in [1.54, 1.807) is 0 Å². The number of rotatable bonds is 0. The topological polar surface area (TPSA) is 0 Å². The summed E-state index contributed by atoms with van der Waals surface area (Å²) < 4.78 is 51.9. The molecule has 2 aromatic rings. The third-order valence-electron chi connectivity index (χ3n) is 5.12. The van der Waals surface area contributed by atoms with Gasteiger partial charge in [0.05, 0.1) is 8.22 Å². The highest BCUT2D eigenvalue weighted by molar-refractivity contribution is 5.61. The fraction of sp³-hybridized carbons (Fsp3) is 0.478. The van der Waals surface area contributed by atoms with Crippen LogP contribution in [0.15, 0.2) is 36.3 Å². The average Bonchev–Trinajstić information content (AvgIpc) is 2.56.